The smallest absolute Gasteiger partial charge is 0.0661 e. The lowest BCUT2D eigenvalue weighted by atomic mass is 10.0. The van der Waals surface area contributed by atoms with Crippen LogP contribution in [0.2, 0.25) is 0 Å². The van der Waals surface area contributed by atoms with Gasteiger partial charge in [-0.15, -0.1) is 45.3 Å². The molecule has 0 aliphatic heterocycles. The van der Waals surface area contributed by atoms with E-state index in [1.54, 1.807) is 0 Å². The molecular formula is C66H41N3S4. The number of benzene rings is 11. The van der Waals surface area contributed by atoms with Crippen LogP contribution in [-0.2, 0) is 0 Å². The molecule has 0 spiro atoms. The highest BCUT2D eigenvalue weighted by molar-refractivity contribution is 7.27. The minimum atomic E-state index is 1.08. The van der Waals surface area contributed by atoms with Crippen LogP contribution in [0.25, 0.3) is 80.7 Å². The highest BCUT2D eigenvalue weighted by atomic mass is 32.1. The maximum Gasteiger partial charge on any atom is 0.0661 e. The van der Waals surface area contributed by atoms with E-state index in [0.717, 1.165) is 51.2 Å². The molecule has 0 fully saturated rings. The molecule has 0 unspecified atom stereocenters. The van der Waals surface area contributed by atoms with Gasteiger partial charge in [-0.3, -0.25) is 0 Å². The Labute approximate surface area is 437 Å². The van der Waals surface area contributed by atoms with Crippen molar-refractivity contribution < 1.29 is 0 Å². The SMILES string of the molecule is c1ccc(N(c2ccc3sc4ccccc4c3c2)c2ccc3sc4c(N(c5ccccc5)c5ccc6sc7ccccc7c6c5)cc(N(c5ccccc5)c5ccc6sc7ccccc7c6c5)cc4c3c2)cc1. The molecule has 3 nitrogen and oxygen atoms in total. The van der Waals surface area contributed by atoms with Crippen LogP contribution >= 0.6 is 45.3 Å². The van der Waals surface area contributed by atoms with Crippen molar-refractivity contribution >= 4 is 177 Å². The maximum atomic E-state index is 2.49. The molecule has 0 bridgehead atoms. The van der Waals surface area contributed by atoms with Crippen LogP contribution in [0.15, 0.2) is 249 Å². The number of para-hydroxylation sites is 3. The highest BCUT2D eigenvalue weighted by Crippen LogP contribution is 2.52. The topological polar surface area (TPSA) is 9.72 Å². The van der Waals surface area contributed by atoms with Crippen LogP contribution < -0.4 is 14.7 Å². The first-order chi connectivity index (χ1) is 36.2. The molecule has 0 N–H and O–H groups in total. The fraction of sp³-hybridized carbons (Fsp3) is 0. The van der Waals surface area contributed by atoms with Crippen LogP contribution in [0.5, 0.6) is 0 Å². The molecule has 344 valence electrons. The molecule has 0 amide bonds. The van der Waals surface area contributed by atoms with Crippen molar-refractivity contribution in [2.24, 2.45) is 0 Å². The summed E-state index contributed by atoms with van der Waals surface area (Å²) in [5, 5.41) is 10.1. The monoisotopic (exact) mass is 1000 g/mol. The second kappa shape index (κ2) is 17.2. The van der Waals surface area contributed by atoms with E-state index in [2.05, 4.69) is 263 Å². The van der Waals surface area contributed by atoms with Gasteiger partial charge in [0, 0.05) is 121 Å². The van der Waals surface area contributed by atoms with Gasteiger partial charge in [0.15, 0.2) is 0 Å². The first-order valence-corrected chi connectivity index (χ1v) is 27.7. The molecule has 0 saturated heterocycles. The van der Waals surface area contributed by atoms with E-state index in [9.17, 15) is 0 Å². The van der Waals surface area contributed by atoms with Crippen LogP contribution in [0.1, 0.15) is 0 Å². The van der Waals surface area contributed by atoms with Crippen LogP contribution in [0, 0.1) is 0 Å². The van der Waals surface area contributed by atoms with Crippen molar-refractivity contribution in [3.8, 4) is 0 Å². The first-order valence-electron chi connectivity index (χ1n) is 24.5. The Bertz CT molecular complexity index is 4590. The third kappa shape index (κ3) is 7.11. The van der Waals surface area contributed by atoms with Gasteiger partial charge in [0.05, 0.1) is 10.4 Å². The van der Waals surface area contributed by atoms with Crippen molar-refractivity contribution in [1.82, 2.24) is 0 Å². The zero-order valence-electron chi connectivity index (χ0n) is 39.1. The van der Waals surface area contributed by atoms with Crippen molar-refractivity contribution in [2.75, 3.05) is 14.7 Å². The zero-order chi connectivity index (χ0) is 48.0. The normalized spacial score (nSPS) is 11.8. The Balaban J connectivity index is 1.01. The Hall–Kier alpha value is -8.30. The lowest BCUT2D eigenvalue weighted by Crippen LogP contribution is -2.13. The van der Waals surface area contributed by atoms with Crippen molar-refractivity contribution in [3.63, 3.8) is 0 Å². The van der Waals surface area contributed by atoms with E-state index in [1.807, 2.05) is 45.3 Å². The summed E-state index contributed by atoms with van der Waals surface area (Å²) in [7, 11) is 0. The summed E-state index contributed by atoms with van der Waals surface area (Å²) in [6, 6.07) is 91.9. The van der Waals surface area contributed by atoms with Gasteiger partial charge >= 0.3 is 0 Å². The Kier molecular flexibility index (Phi) is 9.98. The molecule has 0 aliphatic carbocycles. The van der Waals surface area contributed by atoms with Gasteiger partial charge in [-0.2, -0.15) is 0 Å². The average molecular weight is 1000 g/mol. The van der Waals surface area contributed by atoms with E-state index in [0.29, 0.717) is 0 Å². The van der Waals surface area contributed by atoms with Gasteiger partial charge in [-0.1, -0.05) is 109 Å². The van der Waals surface area contributed by atoms with Gasteiger partial charge < -0.3 is 14.7 Å². The van der Waals surface area contributed by atoms with Gasteiger partial charge in [0.2, 0.25) is 0 Å². The standard InChI is InChI=1S/C66H41N3S4/c1-4-16-42(17-5-1)67(45-28-32-62-53(36-45)50-22-10-13-25-59(50)70-62)46-30-35-65-56(38-46)57-40-49(68(43-18-6-2-7-19-43)47-29-33-63-54(37-47)51-23-11-14-26-60(51)71-63)41-58(66(57)73-65)69(44-20-8-3-9-21-44)48-31-34-64-55(39-48)52-24-12-15-27-61(52)72-64/h1-41H. The molecule has 11 aromatic carbocycles. The number of rotatable bonds is 9. The molecule has 0 saturated carbocycles. The lowest BCUT2D eigenvalue weighted by Gasteiger charge is -2.30. The number of hydrogen-bond acceptors (Lipinski definition) is 7. The minimum Gasteiger partial charge on any atom is -0.310 e. The Morgan fingerprint density at radius 2 is 0.493 bits per heavy atom. The summed E-state index contributed by atoms with van der Waals surface area (Å²) in [4.78, 5) is 7.37. The summed E-state index contributed by atoms with van der Waals surface area (Å²) >= 11 is 7.44. The largest absolute Gasteiger partial charge is 0.310 e. The molecule has 0 radical (unpaired) electrons. The molecule has 4 aromatic heterocycles. The number of thiophene rings is 4. The molecule has 15 rings (SSSR count). The zero-order valence-corrected chi connectivity index (χ0v) is 42.4. The molecule has 15 aromatic rings. The second-order valence-electron chi connectivity index (χ2n) is 18.5. The molecule has 0 atom stereocenters. The van der Waals surface area contributed by atoms with Gasteiger partial charge in [0.1, 0.15) is 0 Å². The lowest BCUT2D eigenvalue weighted by molar-refractivity contribution is 1.27. The number of hydrogen-bond donors (Lipinski definition) is 0. The van der Waals surface area contributed by atoms with Crippen LogP contribution in [0.4, 0.5) is 51.2 Å². The van der Waals surface area contributed by atoms with E-state index in [-0.39, 0.29) is 0 Å². The summed E-state index contributed by atoms with van der Waals surface area (Å²) in [5.41, 5.74) is 9.96. The predicted molar refractivity (Wildman–Crippen MR) is 322 cm³/mol. The summed E-state index contributed by atoms with van der Waals surface area (Å²) < 4.78 is 10.2. The van der Waals surface area contributed by atoms with Crippen molar-refractivity contribution in [3.05, 3.63) is 249 Å². The van der Waals surface area contributed by atoms with Crippen molar-refractivity contribution in [2.45, 2.75) is 0 Å². The molecule has 4 heterocycles. The fourth-order valence-electron chi connectivity index (χ4n) is 10.9. The number of anilines is 9. The van der Waals surface area contributed by atoms with E-state index >= 15 is 0 Å². The molecule has 7 heteroatoms. The highest BCUT2D eigenvalue weighted by Gasteiger charge is 2.25. The van der Waals surface area contributed by atoms with E-state index in [4.69, 9.17) is 0 Å². The van der Waals surface area contributed by atoms with Crippen LogP contribution in [0.3, 0.4) is 0 Å². The Morgan fingerprint density at radius 1 is 0.192 bits per heavy atom. The molecule has 73 heavy (non-hydrogen) atoms. The third-order valence-corrected chi connectivity index (χ3v) is 18.8. The van der Waals surface area contributed by atoms with Gasteiger partial charge in [-0.25, -0.2) is 0 Å². The summed E-state index contributed by atoms with van der Waals surface area (Å²) in [6.07, 6.45) is 0. The average Bonchev–Trinajstić information content (AvgIpc) is 4.23. The quantitative estimate of drug-likeness (QED) is 0.143. The number of fused-ring (bicyclic) bond motifs is 12. The molecular weight excluding hydrogens is 963 g/mol. The minimum absolute atomic E-state index is 1.08. The summed E-state index contributed by atoms with van der Waals surface area (Å²) in [6.45, 7) is 0. The van der Waals surface area contributed by atoms with Crippen molar-refractivity contribution in [1.29, 1.82) is 0 Å². The maximum absolute atomic E-state index is 2.49. The fourth-order valence-corrected chi connectivity index (χ4v) is 15.3. The van der Waals surface area contributed by atoms with Gasteiger partial charge in [-0.05, 0) is 140 Å². The predicted octanol–water partition coefficient (Wildman–Crippen LogP) is 21.6. The molecule has 0 aliphatic rings. The van der Waals surface area contributed by atoms with Gasteiger partial charge in [0.25, 0.3) is 0 Å². The third-order valence-electron chi connectivity index (χ3n) is 14.2. The number of nitrogens with zero attached hydrogens (tertiary/aromatic N) is 3. The van der Waals surface area contributed by atoms with E-state index < -0.39 is 0 Å². The summed E-state index contributed by atoms with van der Waals surface area (Å²) in [5.74, 6) is 0. The van der Waals surface area contributed by atoms with Crippen LogP contribution in [-0.4, -0.2) is 0 Å². The Morgan fingerprint density at radius 3 is 0.918 bits per heavy atom. The van der Waals surface area contributed by atoms with E-state index in [1.165, 1.54) is 80.7 Å². The first kappa shape index (κ1) is 42.4. The second-order valence-corrected chi connectivity index (χ2v) is 22.8.